The van der Waals surface area contributed by atoms with Gasteiger partial charge in [0.1, 0.15) is 5.60 Å². The number of thiazole rings is 1. The van der Waals surface area contributed by atoms with Gasteiger partial charge in [-0.25, -0.2) is 9.78 Å². The molecular formula is C18H23NO2S2. The number of benzene rings is 1. The second-order valence-electron chi connectivity index (χ2n) is 6.25. The van der Waals surface area contributed by atoms with Gasteiger partial charge in [-0.1, -0.05) is 25.6 Å². The number of carbonyl (C=O) groups excluding carboxylic acids is 1. The number of ether oxygens (including phenoxy) is 1. The summed E-state index contributed by atoms with van der Waals surface area (Å²) in [6.07, 6.45) is 3.73. The molecule has 0 atom stereocenters. The van der Waals surface area contributed by atoms with Gasteiger partial charge in [0.15, 0.2) is 0 Å². The Morgan fingerprint density at radius 1 is 1.22 bits per heavy atom. The molecule has 1 aromatic heterocycles. The first-order valence-electron chi connectivity index (χ1n) is 7.80. The Kier molecular flexibility index (Phi) is 5.87. The number of hydrogen-bond acceptors (Lipinski definition) is 5. The third-order valence-corrected chi connectivity index (χ3v) is 5.28. The van der Waals surface area contributed by atoms with Crippen LogP contribution in [0.3, 0.4) is 0 Å². The molecule has 0 aliphatic heterocycles. The maximum atomic E-state index is 12.3. The largest absolute Gasteiger partial charge is 0.456 e. The van der Waals surface area contributed by atoms with Crippen molar-refractivity contribution >= 4 is 29.1 Å². The van der Waals surface area contributed by atoms with E-state index in [1.165, 1.54) is 0 Å². The quantitative estimate of drug-likeness (QED) is 0.680. The lowest BCUT2D eigenvalue weighted by molar-refractivity contribution is 0.00691. The van der Waals surface area contributed by atoms with E-state index >= 15 is 0 Å². The van der Waals surface area contributed by atoms with Crippen molar-refractivity contribution in [1.29, 1.82) is 0 Å². The van der Waals surface area contributed by atoms with Gasteiger partial charge < -0.3 is 4.74 Å². The highest BCUT2D eigenvalue weighted by Gasteiger charge is 2.19. The molecule has 1 aromatic carbocycles. The van der Waals surface area contributed by atoms with Crippen molar-refractivity contribution in [3.05, 3.63) is 40.5 Å². The number of carbonyl (C=O) groups is 1. The minimum absolute atomic E-state index is 0.270. The molecule has 0 amide bonds. The van der Waals surface area contributed by atoms with E-state index in [-0.39, 0.29) is 5.97 Å². The van der Waals surface area contributed by atoms with Crippen LogP contribution in [-0.4, -0.2) is 16.6 Å². The first kappa shape index (κ1) is 18.0. The molecule has 2 aromatic rings. The topological polar surface area (TPSA) is 39.2 Å². The molecule has 0 N–H and O–H groups in total. The van der Waals surface area contributed by atoms with Crippen LogP contribution in [0, 0.1) is 0 Å². The van der Waals surface area contributed by atoms with Crippen LogP contribution in [0.25, 0.3) is 0 Å². The Bertz CT molecular complexity index is 687. The molecule has 0 spiro atoms. The predicted molar refractivity (Wildman–Crippen MR) is 96.6 cm³/mol. The first-order valence-corrected chi connectivity index (χ1v) is 9.44. The second kappa shape index (κ2) is 7.49. The molecule has 0 unspecified atom stereocenters. The van der Waals surface area contributed by atoms with Gasteiger partial charge in [0.05, 0.1) is 21.0 Å². The fourth-order valence-corrected chi connectivity index (χ4v) is 4.06. The zero-order chi connectivity index (χ0) is 17.0. The van der Waals surface area contributed by atoms with Crippen molar-refractivity contribution in [2.24, 2.45) is 0 Å². The predicted octanol–water partition coefficient (Wildman–Crippen LogP) is 5.37. The number of rotatable bonds is 5. The van der Waals surface area contributed by atoms with Crippen LogP contribution in [0.5, 0.6) is 0 Å². The molecule has 23 heavy (non-hydrogen) atoms. The number of esters is 1. The minimum Gasteiger partial charge on any atom is -0.456 e. The third-order valence-electron chi connectivity index (χ3n) is 3.06. The molecule has 5 heteroatoms. The highest BCUT2D eigenvalue weighted by Crippen LogP contribution is 2.33. The molecule has 0 fully saturated rings. The van der Waals surface area contributed by atoms with E-state index in [2.05, 4.69) is 24.9 Å². The molecular weight excluding hydrogens is 326 g/mol. The summed E-state index contributed by atoms with van der Waals surface area (Å²) >= 11 is 3.35. The van der Waals surface area contributed by atoms with E-state index in [9.17, 15) is 4.79 Å². The van der Waals surface area contributed by atoms with Crippen molar-refractivity contribution in [1.82, 2.24) is 4.98 Å². The Morgan fingerprint density at radius 2 is 1.96 bits per heavy atom. The van der Waals surface area contributed by atoms with Crippen LogP contribution in [0.15, 0.2) is 33.5 Å². The van der Waals surface area contributed by atoms with E-state index in [1.807, 2.05) is 39.1 Å². The van der Waals surface area contributed by atoms with E-state index in [0.717, 1.165) is 32.5 Å². The fraction of sp³-hybridized carbons (Fsp3) is 0.444. The zero-order valence-corrected chi connectivity index (χ0v) is 15.9. The number of nitrogens with zero attached hydrogens (tertiary/aromatic N) is 1. The normalized spacial score (nSPS) is 11.5. The van der Waals surface area contributed by atoms with Gasteiger partial charge in [-0.05, 0) is 57.4 Å². The highest BCUT2D eigenvalue weighted by molar-refractivity contribution is 8.01. The molecule has 124 valence electrons. The van der Waals surface area contributed by atoms with Crippen molar-refractivity contribution in [2.75, 3.05) is 0 Å². The molecule has 0 aliphatic rings. The van der Waals surface area contributed by atoms with Gasteiger partial charge in [-0.15, -0.1) is 11.3 Å². The minimum atomic E-state index is -0.486. The summed E-state index contributed by atoms with van der Waals surface area (Å²) in [4.78, 5) is 17.8. The Morgan fingerprint density at radius 3 is 2.52 bits per heavy atom. The van der Waals surface area contributed by atoms with Gasteiger partial charge in [0, 0.05) is 4.90 Å². The van der Waals surface area contributed by atoms with Gasteiger partial charge >= 0.3 is 5.97 Å². The number of aryl methyl sites for hydroxylation is 2. The molecule has 0 saturated heterocycles. The lowest BCUT2D eigenvalue weighted by Crippen LogP contribution is -2.24. The number of hydrogen-bond donors (Lipinski definition) is 0. The van der Waals surface area contributed by atoms with E-state index in [0.29, 0.717) is 5.56 Å². The van der Waals surface area contributed by atoms with Crippen LogP contribution < -0.4 is 0 Å². The summed E-state index contributed by atoms with van der Waals surface area (Å²) in [5.41, 5.74) is 1.26. The van der Waals surface area contributed by atoms with Crippen molar-refractivity contribution < 1.29 is 9.53 Å². The average molecular weight is 350 g/mol. The first-order chi connectivity index (χ1) is 10.8. The van der Waals surface area contributed by atoms with Crippen molar-refractivity contribution in [2.45, 2.75) is 62.2 Å². The van der Waals surface area contributed by atoms with Crippen LogP contribution in [0.1, 0.15) is 55.5 Å². The molecule has 0 radical (unpaired) electrons. The van der Waals surface area contributed by atoms with Gasteiger partial charge in [-0.3, -0.25) is 0 Å². The zero-order valence-electron chi connectivity index (χ0n) is 14.3. The SMILES string of the molecule is CCc1cc(Sc2cnc(CC)s2)cc(C(=O)OC(C)(C)C)c1. The third kappa shape index (κ3) is 5.36. The molecule has 3 nitrogen and oxygen atoms in total. The second-order valence-corrected chi connectivity index (χ2v) is 8.74. The van der Waals surface area contributed by atoms with E-state index < -0.39 is 5.60 Å². The molecule has 1 heterocycles. The standard InChI is InChI=1S/C18H23NO2S2/c1-6-12-8-13(17(20)21-18(3,4)5)10-14(9-12)22-16-11-19-15(7-2)23-16/h8-11H,6-7H2,1-5H3. The average Bonchev–Trinajstić information content (AvgIpc) is 2.92. The maximum Gasteiger partial charge on any atom is 0.338 e. The van der Waals surface area contributed by atoms with Crippen LogP contribution in [0.4, 0.5) is 0 Å². The van der Waals surface area contributed by atoms with Gasteiger partial charge in [-0.2, -0.15) is 0 Å². The lowest BCUT2D eigenvalue weighted by Gasteiger charge is -2.20. The molecule has 0 bridgehead atoms. The van der Waals surface area contributed by atoms with E-state index in [1.54, 1.807) is 23.1 Å². The summed E-state index contributed by atoms with van der Waals surface area (Å²) in [7, 11) is 0. The Hall–Kier alpha value is -1.33. The number of aromatic nitrogens is 1. The van der Waals surface area contributed by atoms with Crippen molar-refractivity contribution in [3.63, 3.8) is 0 Å². The van der Waals surface area contributed by atoms with Crippen molar-refractivity contribution in [3.8, 4) is 0 Å². The summed E-state index contributed by atoms with van der Waals surface area (Å²) < 4.78 is 6.64. The molecule has 2 rings (SSSR count). The Balaban J connectivity index is 2.26. The highest BCUT2D eigenvalue weighted by atomic mass is 32.2. The van der Waals surface area contributed by atoms with Crippen LogP contribution in [-0.2, 0) is 17.6 Å². The van der Waals surface area contributed by atoms with Crippen LogP contribution >= 0.6 is 23.1 Å². The smallest absolute Gasteiger partial charge is 0.338 e. The maximum absolute atomic E-state index is 12.3. The lowest BCUT2D eigenvalue weighted by atomic mass is 10.1. The fourth-order valence-electron chi connectivity index (χ4n) is 2.00. The summed E-state index contributed by atoms with van der Waals surface area (Å²) in [5.74, 6) is -0.270. The summed E-state index contributed by atoms with van der Waals surface area (Å²) in [6.45, 7) is 9.84. The Labute approximate surface area is 146 Å². The van der Waals surface area contributed by atoms with Crippen LogP contribution in [0.2, 0.25) is 0 Å². The molecule has 0 saturated carbocycles. The van der Waals surface area contributed by atoms with E-state index in [4.69, 9.17) is 4.74 Å². The summed E-state index contributed by atoms with van der Waals surface area (Å²) in [6, 6.07) is 5.95. The monoisotopic (exact) mass is 349 g/mol. The van der Waals surface area contributed by atoms with Gasteiger partial charge in [0.2, 0.25) is 0 Å². The summed E-state index contributed by atoms with van der Waals surface area (Å²) in [5, 5.41) is 1.13. The van der Waals surface area contributed by atoms with Gasteiger partial charge in [0.25, 0.3) is 0 Å². The molecule has 0 aliphatic carbocycles.